The van der Waals surface area contributed by atoms with E-state index < -0.39 is 16.1 Å². The maximum Gasteiger partial charge on any atom is 0.225 e. The Labute approximate surface area is 271 Å². The van der Waals surface area contributed by atoms with E-state index in [0.717, 1.165) is 97.0 Å². The molecular formula is C35H42N4O4S2. The van der Waals surface area contributed by atoms with Crippen LogP contribution in [0.15, 0.2) is 48.5 Å². The van der Waals surface area contributed by atoms with Crippen molar-refractivity contribution >= 4 is 33.5 Å². The second-order valence-electron chi connectivity index (χ2n) is 13.2. The third kappa shape index (κ3) is 6.65. The van der Waals surface area contributed by atoms with Crippen LogP contribution in [-0.2, 0) is 9.53 Å². The van der Waals surface area contributed by atoms with E-state index >= 15 is 0 Å². The van der Waals surface area contributed by atoms with Gasteiger partial charge in [-0.2, -0.15) is 15.9 Å². The maximum atomic E-state index is 13.7. The Morgan fingerprint density at radius 1 is 1.02 bits per heavy atom. The van der Waals surface area contributed by atoms with Gasteiger partial charge in [-0.3, -0.25) is 13.9 Å². The van der Waals surface area contributed by atoms with Gasteiger partial charge in [-0.15, -0.1) is 11.3 Å². The van der Waals surface area contributed by atoms with Crippen LogP contribution in [0.1, 0.15) is 74.5 Å². The van der Waals surface area contributed by atoms with Crippen LogP contribution in [0, 0.1) is 17.2 Å². The summed E-state index contributed by atoms with van der Waals surface area (Å²) in [5.41, 5.74) is 4.91. The number of nitrogens with zero attached hydrogens (tertiary/aromatic N) is 3. The molecule has 2 aliphatic heterocycles. The number of ether oxygens (including phenoxy) is 1. The Morgan fingerprint density at radius 2 is 1.76 bits per heavy atom. The van der Waals surface area contributed by atoms with Crippen molar-refractivity contribution < 1.29 is 18.6 Å². The zero-order valence-corrected chi connectivity index (χ0v) is 27.3. The summed E-state index contributed by atoms with van der Waals surface area (Å²) in [5, 5.41) is 13.7. The first kappa shape index (κ1) is 30.7. The van der Waals surface area contributed by atoms with Crippen LogP contribution < -0.4 is 10.2 Å². The second kappa shape index (κ2) is 12.7. The third-order valence-corrected chi connectivity index (χ3v) is 13.0. The van der Waals surface area contributed by atoms with Crippen molar-refractivity contribution in [3.05, 3.63) is 59.8 Å². The van der Waals surface area contributed by atoms with Gasteiger partial charge >= 0.3 is 0 Å². The number of nitriles is 1. The van der Waals surface area contributed by atoms with Gasteiger partial charge in [0.2, 0.25) is 5.91 Å². The van der Waals surface area contributed by atoms with Gasteiger partial charge in [0.15, 0.2) is 0 Å². The summed E-state index contributed by atoms with van der Waals surface area (Å²) < 4.78 is 25.8. The molecule has 3 aromatic rings. The molecule has 8 nitrogen and oxygen atoms in total. The average molecular weight is 647 g/mol. The smallest absolute Gasteiger partial charge is 0.225 e. The van der Waals surface area contributed by atoms with Crippen molar-refractivity contribution in [2.24, 2.45) is 5.92 Å². The standard InChI is InChI=1S/C35H42N4O4S2/c36-23-35(14-15-35)38-33(40)30-7-2-1-6-29(30)31-32(25-8-10-28(11-9-25)39-16-20-45(41,42)21-17-39)44-34(37-31)27-5-3-4-26(22-27)24-12-18-43-19-13-24/h3-5,8-11,22,24,29-30,41-42H,1-2,6-7,12-21H2,(H,38,40)/t29-,30-/m1/s1. The van der Waals surface area contributed by atoms with Crippen molar-refractivity contribution in [2.45, 2.75) is 68.7 Å². The summed E-state index contributed by atoms with van der Waals surface area (Å²) in [5.74, 6) is 1.07. The normalized spacial score (nSPS) is 25.2. The topological polar surface area (TPSA) is 119 Å². The lowest BCUT2D eigenvalue weighted by molar-refractivity contribution is -0.127. The van der Waals surface area contributed by atoms with Gasteiger partial charge in [0, 0.05) is 49.4 Å². The molecule has 4 fully saturated rings. The highest BCUT2D eigenvalue weighted by Crippen LogP contribution is 2.47. The Bertz CT molecular complexity index is 1560. The SMILES string of the molecule is N#CC1(NC(=O)[C@@H]2CCCC[C@H]2c2nc(-c3cccc(C4CCOCC4)c3)sc2-c2ccc(N3CCS(O)(O)CC3)cc2)CC1. The molecule has 238 valence electrons. The number of benzene rings is 2. The van der Waals surface area contributed by atoms with Crippen molar-refractivity contribution in [3.63, 3.8) is 0 Å². The number of anilines is 1. The number of nitrogens with one attached hydrogen (secondary N) is 1. The lowest BCUT2D eigenvalue weighted by Crippen LogP contribution is -2.42. The van der Waals surface area contributed by atoms with E-state index in [1.807, 2.05) is 0 Å². The molecule has 0 radical (unpaired) electrons. The highest BCUT2D eigenvalue weighted by Gasteiger charge is 2.47. The number of rotatable bonds is 7. The van der Waals surface area contributed by atoms with Crippen molar-refractivity contribution in [2.75, 3.05) is 42.7 Å². The van der Waals surface area contributed by atoms with E-state index in [1.54, 1.807) is 11.3 Å². The van der Waals surface area contributed by atoms with E-state index in [9.17, 15) is 19.2 Å². The lowest BCUT2D eigenvalue weighted by Gasteiger charge is -2.41. The average Bonchev–Trinajstić information content (AvgIpc) is 3.71. The fourth-order valence-electron chi connectivity index (χ4n) is 7.17. The Balaban J connectivity index is 1.23. The van der Waals surface area contributed by atoms with Crippen molar-refractivity contribution in [1.29, 1.82) is 5.26 Å². The van der Waals surface area contributed by atoms with Crippen LogP contribution in [0.4, 0.5) is 5.69 Å². The summed E-state index contributed by atoms with van der Waals surface area (Å²) in [6.07, 6.45) is 7.27. The molecule has 2 saturated carbocycles. The molecule has 2 aliphatic carbocycles. The number of hydrogen-bond acceptors (Lipinski definition) is 8. The van der Waals surface area contributed by atoms with E-state index in [0.29, 0.717) is 30.5 Å². The fraction of sp³-hybridized carbons (Fsp3) is 0.514. The maximum absolute atomic E-state index is 13.7. The summed E-state index contributed by atoms with van der Waals surface area (Å²) >= 11 is 1.70. The molecule has 1 amide bonds. The zero-order chi connectivity index (χ0) is 31.0. The molecule has 0 bridgehead atoms. The quantitative estimate of drug-likeness (QED) is 0.245. The number of amides is 1. The summed E-state index contributed by atoms with van der Waals surface area (Å²) in [6, 6.07) is 19.7. The monoisotopic (exact) mass is 646 g/mol. The van der Waals surface area contributed by atoms with E-state index in [1.165, 1.54) is 5.56 Å². The predicted octanol–water partition coefficient (Wildman–Crippen LogP) is 7.39. The van der Waals surface area contributed by atoms with Crippen LogP contribution >= 0.6 is 21.9 Å². The molecule has 3 heterocycles. The minimum absolute atomic E-state index is 0.00724. The predicted molar refractivity (Wildman–Crippen MR) is 181 cm³/mol. The first-order valence-corrected chi connectivity index (χ1v) is 19.0. The van der Waals surface area contributed by atoms with E-state index in [-0.39, 0.29) is 17.7 Å². The van der Waals surface area contributed by atoms with Crippen molar-refractivity contribution in [3.8, 4) is 27.1 Å². The molecule has 4 aliphatic rings. The number of thiazole rings is 1. The molecule has 2 atom stereocenters. The highest BCUT2D eigenvalue weighted by atomic mass is 32.3. The van der Waals surface area contributed by atoms with Crippen LogP contribution in [0.3, 0.4) is 0 Å². The fourth-order valence-corrected chi connectivity index (χ4v) is 9.54. The number of carbonyl (C=O) groups is 1. The first-order chi connectivity index (χ1) is 21.8. The second-order valence-corrected chi connectivity index (χ2v) is 16.6. The molecule has 3 N–H and O–H groups in total. The molecule has 7 rings (SSSR count). The molecular weight excluding hydrogens is 605 g/mol. The zero-order valence-electron chi connectivity index (χ0n) is 25.6. The van der Waals surface area contributed by atoms with Crippen LogP contribution in [0.5, 0.6) is 0 Å². The summed E-state index contributed by atoms with van der Waals surface area (Å²) in [6.45, 7) is 2.86. The van der Waals surface area contributed by atoms with Gasteiger partial charge in [-0.1, -0.05) is 43.2 Å². The Kier molecular flexibility index (Phi) is 8.66. The molecule has 2 aromatic carbocycles. The minimum Gasteiger partial charge on any atom is -0.381 e. The van der Waals surface area contributed by atoms with Crippen molar-refractivity contribution in [1.82, 2.24) is 10.3 Å². The van der Waals surface area contributed by atoms with Crippen LogP contribution in [-0.4, -0.2) is 63.3 Å². The van der Waals surface area contributed by atoms with Crippen LogP contribution in [0.2, 0.25) is 0 Å². The number of carbonyl (C=O) groups excluding carboxylic acids is 1. The van der Waals surface area contributed by atoms with Gasteiger partial charge in [0.1, 0.15) is 10.5 Å². The van der Waals surface area contributed by atoms with Crippen LogP contribution in [0.25, 0.3) is 21.0 Å². The molecule has 10 heteroatoms. The highest BCUT2D eigenvalue weighted by molar-refractivity contribution is 8.24. The third-order valence-electron chi connectivity index (χ3n) is 10.1. The van der Waals surface area contributed by atoms with Gasteiger partial charge in [-0.05, 0) is 73.8 Å². The van der Waals surface area contributed by atoms with Gasteiger partial charge in [-0.25, -0.2) is 4.98 Å². The lowest BCUT2D eigenvalue weighted by atomic mass is 9.76. The first-order valence-electron chi connectivity index (χ1n) is 16.3. The minimum atomic E-state index is -2.45. The van der Waals surface area contributed by atoms with E-state index in [4.69, 9.17) is 9.72 Å². The van der Waals surface area contributed by atoms with Gasteiger partial charge in [0.05, 0.1) is 28.1 Å². The van der Waals surface area contributed by atoms with E-state index in [2.05, 4.69) is 64.8 Å². The van der Waals surface area contributed by atoms with Gasteiger partial charge < -0.3 is 15.0 Å². The Hall–Kier alpha value is -2.94. The molecule has 45 heavy (non-hydrogen) atoms. The molecule has 0 spiro atoms. The Morgan fingerprint density at radius 3 is 2.47 bits per heavy atom. The summed E-state index contributed by atoms with van der Waals surface area (Å²) in [4.78, 5) is 22.3. The number of hydrogen-bond donors (Lipinski definition) is 3. The summed E-state index contributed by atoms with van der Waals surface area (Å²) in [7, 11) is -2.45. The molecule has 2 saturated heterocycles. The largest absolute Gasteiger partial charge is 0.381 e. The molecule has 1 aromatic heterocycles. The number of aromatic nitrogens is 1. The molecule has 0 unspecified atom stereocenters. The van der Waals surface area contributed by atoms with Gasteiger partial charge in [0.25, 0.3) is 0 Å².